The van der Waals surface area contributed by atoms with Crippen LogP contribution < -0.4 is 5.32 Å². The van der Waals surface area contributed by atoms with Gasteiger partial charge < -0.3 is 10.1 Å². The van der Waals surface area contributed by atoms with Crippen LogP contribution in [0.3, 0.4) is 0 Å². The van der Waals surface area contributed by atoms with Crippen molar-refractivity contribution < 1.29 is 14.8 Å². The van der Waals surface area contributed by atoms with Gasteiger partial charge in [0.25, 0.3) is 0 Å². The number of carbonyl (C=O) groups excluding carboxylic acids is 1. The van der Waals surface area contributed by atoms with E-state index in [0.29, 0.717) is 11.8 Å². The number of quaternary nitrogens is 1. The van der Waals surface area contributed by atoms with E-state index in [4.69, 9.17) is 4.74 Å². The van der Waals surface area contributed by atoms with Crippen LogP contribution >= 0.6 is 0 Å². The van der Waals surface area contributed by atoms with Crippen LogP contribution in [0, 0.1) is 11.8 Å². The van der Waals surface area contributed by atoms with Gasteiger partial charge in [0.2, 0.25) is 0 Å². The Hall–Kier alpha value is -1.35. The molecule has 1 atom stereocenters. The van der Waals surface area contributed by atoms with Gasteiger partial charge in [0.15, 0.2) is 0 Å². The van der Waals surface area contributed by atoms with E-state index in [0.717, 1.165) is 44.3 Å². The molecule has 1 saturated heterocycles. The van der Waals surface area contributed by atoms with Crippen molar-refractivity contribution in [2.45, 2.75) is 63.9 Å². The van der Waals surface area contributed by atoms with Crippen molar-refractivity contribution in [1.29, 1.82) is 0 Å². The summed E-state index contributed by atoms with van der Waals surface area (Å²) in [7, 11) is 0. The summed E-state index contributed by atoms with van der Waals surface area (Å²) in [6, 6.07) is 10.3. The van der Waals surface area contributed by atoms with Crippen LogP contribution in [0.5, 0.6) is 0 Å². The van der Waals surface area contributed by atoms with Gasteiger partial charge in [0.05, 0.1) is 19.0 Å². The predicted molar refractivity (Wildman–Crippen MR) is 95.7 cm³/mol. The Morgan fingerprint density at radius 3 is 2.33 bits per heavy atom. The molecule has 0 spiro atoms. The third-order valence-electron chi connectivity index (χ3n) is 6.07. The minimum absolute atomic E-state index is 0.00680. The highest BCUT2D eigenvalue weighted by molar-refractivity contribution is 5.79. The van der Waals surface area contributed by atoms with Crippen LogP contribution in [-0.4, -0.2) is 24.7 Å². The Morgan fingerprint density at radius 2 is 1.71 bits per heavy atom. The van der Waals surface area contributed by atoms with Gasteiger partial charge in [-0.3, -0.25) is 4.79 Å². The molecule has 24 heavy (non-hydrogen) atoms. The lowest BCUT2D eigenvalue weighted by molar-refractivity contribution is -0.665. The second-order valence-corrected chi connectivity index (χ2v) is 8.10. The highest BCUT2D eigenvalue weighted by atomic mass is 16.6. The molecule has 1 aromatic rings. The number of benzene rings is 1. The van der Waals surface area contributed by atoms with Crippen LogP contribution in [-0.2, 0) is 9.53 Å². The summed E-state index contributed by atoms with van der Waals surface area (Å²) in [5, 5.41) is 2.36. The summed E-state index contributed by atoms with van der Waals surface area (Å²) in [6.45, 7) is 6.52. The summed E-state index contributed by atoms with van der Waals surface area (Å²) < 4.78 is 6.15. The summed E-state index contributed by atoms with van der Waals surface area (Å²) in [4.78, 5) is 13.2. The van der Waals surface area contributed by atoms with E-state index in [1.165, 1.54) is 12.8 Å². The second kappa shape index (κ2) is 7.69. The zero-order valence-electron chi connectivity index (χ0n) is 15.2. The number of rotatable bonds is 5. The summed E-state index contributed by atoms with van der Waals surface area (Å²) in [6.07, 6.45) is 7.05. The average Bonchev–Trinajstić information content (AvgIpc) is 3.10. The van der Waals surface area contributed by atoms with Crippen molar-refractivity contribution in [2.75, 3.05) is 13.1 Å². The van der Waals surface area contributed by atoms with Gasteiger partial charge in [-0.15, -0.1) is 0 Å². The lowest BCUT2D eigenvalue weighted by Crippen LogP contribution is -2.86. The van der Waals surface area contributed by atoms with Gasteiger partial charge in [0.1, 0.15) is 5.60 Å². The van der Waals surface area contributed by atoms with E-state index in [1.807, 2.05) is 18.2 Å². The van der Waals surface area contributed by atoms with E-state index in [2.05, 4.69) is 31.3 Å². The molecule has 1 aromatic carbocycles. The lowest BCUT2D eigenvalue weighted by atomic mass is 9.82. The molecule has 2 N–H and O–H groups in total. The number of hydrogen-bond donors (Lipinski definition) is 1. The topological polar surface area (TPSA) is 42.9 Å². The molecule has 0 bridgehead atoms. The molecule has 1 heterocycles. The molecule has 0 aromatic heterocycles. The average molecular weight is 330 g/mol. The maximum atomic E-state index is 13.2. The van der Waals surface area contributed by atoms with Gasteiger partial charge in [-0.05, 0) is 38.2 Å². The quantitative estimate of drug-likeness (QED) is 0.842. The van der Waals surface area contributed by atoms with Gasteiger partial charge in [-0.25, -0.2) is 0 Å². The SMILES string of the molecule is CC(C)(OC(=O)C(c1ccccc1)C1CCCC1)C1CC[NH2+]CC1. The van der Waals surface area contributed by atoms with Crippen molar-refractivity contribution in [3.05, 3.63) is 35.9 Å². The molecule has 0 amide bonds. The van der Waals surface area contributed by atoms with Crippen molar-refractivity contribution in [2.24, 2.45) is 11.8 Å². The second-order valence-electron chi connectivity index (χ2n) is 8.10. The largest absolute Gasteiger partial charge is 0.459 e. The standard InChI is InChI=1S/C21H31NO2/c1-21(2,18-12-14-22-15-13-18)24-20(23)19(17-10-6-7-11-17)16-8-4-3-5-9-16/h3-5,8-9,17-19,22H,6-7,10-15H2,1-2H3/p+1. The molecule has 0 radical (unpaired) electrons. The van der Waals surface area contributed by atoms with E-state index in [1.54, 1.807) is 0 Å². The molecule has 1 aliphatic carbocycles. The Labute approximate surface area is 146 Å². The Balaban J connectivity index is 1.75. The Bertz CT molecular complexity index is 528. The molecule has 3 rings (SSSR count). The number of carbonyl (C=O) groups is 1. The maximum absolute atomic E-state index is 13.2. The predicted octanol–water partition coefficient (Wildman–Crippen LogP) is 3.26. The first kappa shape index (κ1) is 17.5. The fraction of sp³-hybridized carbons (Fsp3) is 0.667. The van der Waals surface area contributed by atoms with Crippen molar-refractivity contribution in [3.63, 3.8) is 0 Å². The molecular weight excluding hydrogens is 298 g/mol. The maximum Gasteiger partial charge on any atom is 0.314 e. The first-order chi connectivity index (χ1) is 11.6. The van der Waals surface area contributed by atoms with Gasteiger partial charge >= 0.3 is 5.97 Å². The van der Waals surface area contributed by atoms with Crippen LogP contribution in [0.15, 0.2) is 30.3 Å². The summed E-state index contributed by atoms with van der Waals surface area (Å²) in [5.74, 6) is 0.817. The van der Waals surface area contributed by atoms with Gasteiger partial charge in [-0.1, -0.05) is 43.2 Å². The van der Waals surface area contributed by atoms with Crippen LogP contribution in [0.25, 0.3) is 0 Å². The summed E-state index contributed by atoms with van der Waals surface area (Å²) >= 11 is 0. The lowest BCUT2D eigenvalue weighted by Gasteiger charge is -2.37. The van der Waals surface area contributed by atoms with E-state index in [-0.39, 0.29) is 17.5 Å². The minimum atomic E-state index is -0.364. The molecule has 1 aliphatic heterocycles. The monoisotopic (exact) mass is 330 g/mol. The molecule has 2 fully saturated rings. The van der Waals surface area contributed by atoms with Crippen LogP contribution in [0.4, 0.5) is 0 Å². The van der Waals surface area contributed by atoms with Crippen molar-refractivity contribution >= 4 is 5.97 Å². The number of hydrogen-bond acceptors (Lipinski definition) is 2. The van der Waals surface area contributed by atoms with E-state index < -0.39 is 0 Å². The molecule has 2 aliphatic rings. The van der Waals surface area contributed by atoms with Crippen LogP contribution in [0.2, 0.25) is 0 Å². The smallest absolute Gasteiger partial charge is 0.314 e. The van der Waals surface area contributed by atoms with Crippen molar-refractivity contribution in [1.82, 2.24) is 0 Å². The fourth-order valence-corrected chi connectivity index (χ4v) is 4.58. The van der Waals surface area contributed by atoms with Gasteiger partial charge in [-0.2, -0.15) is 0 Å². The zero-order valence-corrected chi connectivity index (χ0v) is 15.2. The molecule has 1 unspecified atom stereocenters. The minimum Gasteiger partial charge on any atom is -0.459 e. The highest BCUT2D eigenvalue weighted by Crippen LogP contribution is 2.40. The highest BCUT2D eigenvalue weighted by Gasteiger charge is 2.40. The third-order valence-corrected chi connectivity index (χ3v) is 6.07. The van der Waals surface area contributed by atoms with Crippen LogP contribution in [0.1, 0.15) is 63.9 Å². The van der Waals surface area contributed by atoms with Crippen molar-refractivity contribution in [3.8, 4) is 0 Å². The third kappa shape index (κ3) is 4.00. The molecular formula is C21H32NO2+. The fourth-order valence-electron chi connectivity index (χ4n) is 4.58. The number of esters is 1. The molecule has 132 valence electrons. The Morgan fingerprint density at radius 1 is 1.08 bits per heavy atom. The zero-order chi connectivity index (χ0) is 17.0. The molecule has 3 heteroatoms. The first-order valence-electron chi connectivity index (χ1n) is 9.67. The number of piperidine rings is 1. The van der Waals surface area contributed by atoms with E-state index >= 15 is 0 Å². The Kier molecular flexibility index (Phi) is 5.60. The summed E-state index contributed by atoms with van der Waals surface area (Å²) in [5.41, 5.74) is 0.763. The normalized spacial score (nSPS) is 21.6. The first-order valence-corrected chi connectivity index (χ1v) is 9.67. The van der Waals surface area contributed by atoms with E-state index in [9.17, 15) is 4.79 Å². The molecule has 3 nitrogen and oxygen atoms in total. The molecule has 1 saturated carbocycles. The van der Waals surface area contributed by atoms with Gasteiger partial charge in [0, 0.05) is 18.8 Å². The number of ether oxygens (including phenoxy) is 1. The number of nitrogens with two attached hydrogens (primary N) is 1.